The molecule has 0 radical (unpaired) electrons. The highest BCUT2D eigenvalue weighted by Gasteiger charge is 2.25. The summed E-state index contributed by atoms with van der Waals surface area (Å²) in [5.41, 5.74) is 2.30. The molecule has 174 valence electrons. The van der Waals surface area contributed by atoms with Crippen molar-refractivity contribution in [3.05, 3.63) is 66.6 Å². The molecule has 1 aliphatic rings. The molecule has 0 bridgehead atoms. The first-order chi connectivity index (χ1) is 16.6. The van der Waals surface area contributed by atoms with Crippen LogP contribution in [0.2, 0.25) is 0 Å². The Kier molecular flexibility index (Phi) is 6.55. The number of hydrogen-bond acceptors (Lipinski definition) is 6. The molecule has 0 spiro atoms. The van der Waals surface area contributed by atoms with Gasteiger partial charge in [0, 0.05) is 23.8 Å². The van der Waals surface area contributed by atoms with Gasteiger partial charge in [-0.25, -0.2) is 4.39 Å². The van der Waals surface area contributed by atoms with Gasteiger partial charge in [-0.05, 0) is 68.3 Å². The van der Waals surface area contributed by atoms with E-state index in [1.807, 2.05) is 41.8 Å². The van der Waals surface area contributed by atoms with Crippen LogP contribution < -0.4 is 5.32 Å². The van der Waals surface area contributed by atoms with E-state index in [0.717, 1.165) is 41.6 Å². The summed E-state index contributed by atoms with van der Waals surface area (Å²) in [7, 11) is 0. The van der Waals surface area contributed by atoms with Crippen molar-refractivity contribution in [1.82, 2.24) is 19.7 Å². The smallest absolute Gasteiger partial charge is 0.237 e. The summed E-state index contributed by atoms with van der Waals surface area (Å²) < 4.78 is 21.3. The molecule has 1 aliphatic heterocycles. The normalized spacial score (nSPS) is 16.6. The van der Waals surface area contributed by atoms with Crippen molar-refractivity contribution in [1.29, 1.82) is 0 Å². The molecule has 1 saturated heterocycles. The number of anilines is 1. The second kappa shape index (κ2) is 9.90. The Labute approximate surface area is 200 Å². The zero-order valence-electron chi connectivity index (χ0n) is 18.6. The number of nitrogens with zero attached hydrogens (tertiary/aromatic N) is 4. The maximum absolute atomic E-state index is 13.5. The fourth-order valence-corrected chi connectivity index (χ4v) is 4.86. The minimum Gasteiger partial charge on any atom is -0.376 e. The fraction of sp³-hybridized carbons (Fsp3) is 0.280. The Bertz CT molecular complexity index is 1300. The Balaban J connectivity index is 1.38. The lowest BCUT2D eigenvalue weighted by Crippen LogP contribution is -2.24. The van der Waals surface area contributed by atoms with Gasteiger partial charge in [0.2, 0.25) is 5.91 Å². The van der Waals surface area contributed by atoms with Crippen LogP contribution in [0.15, 0.2) is 66.0 Å². The van der Waals surface area contributed by atoms with Crippen LogP contribution in [0.25, 0.3) is 22.3 Å². The van der Waals surface area contributed by atoms with Crippen LogP contribution in [0.4, 0.5) is 10.1 Å². The molecule has 9 heteroatoms. The van der Waals surface area contributed by atoms with Gasteiger partial charge in [0.05, 0.1) is 29.1 Å². The summed E-state index contributed by atoms with van der Waals surface area (Å²) in [5.74, 6) is 0.180. The molecular formula is C25H24FN5O2S. The predicted molar refractivity (Wildman–Crippen MR) is 130 cm³/mol. The molecule has 34 heavy (non-hydrogen) atoms. The number of amides is 1. The standard InChI is InChI=1S/C25H24FN5O2S/c1-16(24(32)28-22-8-2-7-21-20(22)6-3-13-27-21)34-25-30-29-23(17-9-11-18(26)12-10-17)31(25)15-19-5-4-14-33-19/h2-3,6-13,16,19H,4-5,14-15H2,1H3,(H,28,32). The molecule has 1 fully saturated rings. The SMILES string of the molecule is CC(Sc1nnc(-c2ccc(F)cc2)n1CC1CCCO1)C(=O)Nc1cccc2ncccc12. The number of benzene rings is 2. The number of rotatable bonds is 7. The third-order valence-corrected chi connectivity index (χ3v) is 6.86. The maximum Gasteiger partial charge on any atom is 0.237 e. The van der Waals surface area contributed by atoms with Crippen LogP contribution in [0.3, 0.4) is 0 Å². The van der Waals surface area contributed by atoms with Crippen LogP contribution in [-0.4, -0.2) is 43.6 Å². The van der Waals surface area contributed by atoms with Gasteiger partial charge in [-0.1, -0.05) is 17.8 Å². The number of pyridine rings is 1. The Hall–Kier alpha value is -3.30. The number of carbonyl (C=O) groups excluding carboxylic acids is 1. The molecule has 5 rings (SSSR count). The van der Waals surface area contributed by atoms with E-state index >= 15 is 0 Å². The number of thioether (sulfide) groups is 1. The van der Waals surface area contributed by atoms with E-state index in [1.165, 1.54) is 23.9 Å². The minimum atomic E-state index is -0.430. The third-order valence-electron chi connectivity index (χ3n) is 5.78. The van der Waals surface area contributed by atoms with Crippen LogP contribution in [0, 0.1) is 5.82 Å². The summed E-state index contributed by atoms with van der Waals surface area (Å²) in [6.45, 7) is 3.15. The van der Waals surface area contributed by atoms with Gasteiger partial charge in [0.25, 0.3) is 0 Å². The minimum absolute atomic E-state index is 0.0573. The van der Waals surface area contributed by atoms with Gasteiger partial charge in [0.15, 0.2) is 11.0 Å². The van der Waals surface area contributed by atoms with Crippen molar-refractivity contribution in [3.63, 3.8) is 0 Å². The first kappa shape index (κ1) is 22.5. The number of fused-ring (bicyclic) bond motifs is 1. The average Bonchev–Trinajstić information content (AvgIpc) is 3.51. The van der Waals surface area contributed by atoms with E-state index in [0.29, 0.717) is 17.5 Å². The lowest BCUT2D eigenvalue weighted by atomic mass is 10.2. The first-order valence-corrected chi connectivity index (χ1v) is 12.1. The van der Waals surface area contributed by atoms with E-state index in [-0.39, 0.29) is 17.8 Å². The number of nitrogens with one attached hydrogen (secondary N) is 1. The summed E-state index contributed by atoms with van der Waals surface area (Å²) in [6.07, 6.45) is 3.75. The molecule has 3 heterocycles. The van der Waals surface area contributed by atoms with E-state index in [4.69, 9.17) is 4.74 Å². The number of aromatic nitrogens is 4. The quantitative estimate of drug-likeness (QED) is 0.380. The van der Waals surface area contributed by atoms with Gasteiger partial charge in [-0.15, -0.1) is 10.2 Å². The number of hydrogen-bond donors (Lipinski definition) is 1. The van der Waals surface area contributed by atoms with Crippen molar-refractivity contribution < 1.29 is 13.9 Å². The van der Waals surface area contributed by atoms with Gasteiger partial charge < -0.3 is 10.1 Å². The lowest BCUT2D eigenvalue weighted by molar-refractivity contribution is -0.115. The molecule has 1 N–H and O–H groups in total. The molecular weight excluding hydrogens is 453 g/mol. The summed E-state index contributed by atoms with van der Waals surface area (Å²) in [6, 6.07) is 15.6. The summed E-state index contributed by atoms with van der Waals surface area (Å²) >= 11 is 1.34. The Morgan fingerprint density at radius 3 is 2.85 bits per heavy atom. The molecule has 2 unspecified atom stereocenters. The van der Waals surface area contributed by atoms with Crippen LogP contribution in [-0.2, 0) is 16.1 Å². The highest BCUT2D eigenvalue weighted by Crippen LogP contribution is 2.30. The van der Waals surface area contributed by atoms with Gasteiger partial charge in [-0.2, -0.15) is 0 Å². The predicted octanol–water partition coefficient (Wildman–Crippen LogP) is 4.93. The van der Waals surface area contributed by atoms with Crippen LogP contribution in [0.1, 0.15) is 19.8 Å². The molecule has 0 aliphatic carbocycles. The van der Waals surface area contributed by atoms with Crippen molar-refractivity contribution in [2.75, 3.05) is 11.9 Å². The Morgan fingerprint density at radius 2 is 2.06 bits per heavy atom. The van der Waals surface area contributed by atoms with Crippen LogP contribution in [0.5, 0.6) is 0 Å². The molecule has 2 atom stereocenters. The van der Waals surface area contributed by atoms with E-state index in [9.17, 15) is 9.18 Å². The highest BCUT2D eigenvalue weighted by molar-refractivity contribution is 8.00. The van der Waals surface area contributed by atoms with E-state index in [1.54, 1.807) is 18.3 Å². The van der Waals surface area contributed by atoms with E-state index < -0.39 is 5.25 Å². The largest absolute Gasteiger partial charge is 0.376 e. The van der Waals surface area contributed by atoms with Gasteiger partial charge in [0.1, 0.15) is 5.82 Å². The van der Waals surface area contributed by atoms with Gasteiger partial charge in [-0.3, -0.25) is 14.3 Å². The summed E-state index contributed by atoms with van der Waals surface area (Å²) in [5, 5.41) is 12.8. The summed E-state index contributed by atoms with van der Waals surface area (Å²) in [4.78, 5) is 17.4. The molecule has 1 amide bonds. The van der Waals surface area contributed by atoms with Crippen LogP contribution >= 0.6 is 11.8 Å². The van der Waals surface area contributed by atoms with E-state index in [2.05, 4.69) is 20.5 Å². The second-order valence-corrected chi connectivity index (χ2v) is 9.49. The number of carbonyl (C=O) groups is 1. The highest BCUT2D eigenvalue weighted by atomic mass is 32.2. The topological polar surface area (TPSA) is 81.9 Å². The maximum atomic E-state index is 13.5. The second-order valence-electron chi connectivity index (χ2n) is 8.18. The first-order valence-electron chi connectivity index (χ1n) is 11.2. The number of halogens is 1. The zero-order chi connectivity index (χ0) is 23.5. The van der Waals surface area contributed by atoms with Crippen molar-refractivity contribution >= 4 is 34.3 Å². The zero-order valence-corrected chi connectivity index (χ0v) is 19.5. The van der Waals surface area contributed by atoms with Gasteiger partial charge >= 0.3 is 0 Å². The lowest BCUT2D eigenvalue weighted by Gasteiger charge is -2.17. The average molecular weight is 478 g/mol. The fourth-order valence-electron chi connectivity index (χ4n) is 4.00. The molecule has 2 aromatic carbocycles. The molecule has 4 aromatic rings. The Morgan fingerprint density at radius 1 is 1.21 bits per heavy atom. The molecule has 2 aromatic heterocycles. The van der Waals surface area contributed by atoms with Crippen molar-refractivity contribution in [2.24, 2.45) is 0 Å². The number of ether oxygens (including phenoxy) is 1. The third kappa shape index (κ3) is 4.80. The molecule has 7 nitrogen and oxygen atoms in total. The molecule has 0 saturated carbocycles. The van der Waals surface area contributed by atoms with Crippen molar-refractivity contribution in [2.45, 2.75) is 42.8 Å². The van der Waals surface area contributed by atoms with Crippen molar-refractivity contribution in [3.8, 4) is 11.4 Å². The monoisotopic (exact) mass is 477 g/mol.